The number of hydrogen-bond acceptors (Lipinski definition) is 6. The maximum atomic E-state index is 12.5. The van der Waals surface area contributed by atoms with E-state index in [4.69, 9.17) is 27.6 Å². The monoisotopic (exact) mass is 473 g/mol. The van der Waals surface area contributed by atoms with Crippen LogP contribution in [0.3, 0.4) is 0 Å². The predicted molar refractivity (Wildman–Crippen MR) is 115 cm³/mol. The minimum Gasteiger partial charge on any atom is -0.431 e. The van der Waals surface area contributed by atoms with Gasteiger partial charge in [-0.2, -0.15) is 0 Å². The molecule has 0 spiro atoms. The van der Waals surface area contributed by atoms with E-state index >= 15 is 0 Å². The summed E-state index contributed by atoms with van der Waals surface area (Å²) < 4.78 is 31.3. The van der Waals surface area contributed by atoms with Gasteiger partial charge in [0.25, 0.3) is 5.22 Å². The third-order valence-corrected chi connectivity index (χ3v) is 7.26. The van der Waals surface area contributed by atoms with Gasteiger partial charge in [-0.05, 0) is 43.3 Å². The molecule has 1 heterocycles. The largest absolute Gasteiger partial charge is 0.431 e. The average molecular weight is 474 g/mol. The van der Waals surface area contributed by atoms with E-state index in [1.54, 1.807) is 25.1 Å². The first-order valence-corrected chi connectivity index (χ1v) is 11.4. The lowest BCUT2D eigenvalue weighted by atomic mass is 10.3. The first-order valence-electron chi connectivity index (χ1n) is 8.33. The Labute approximate surface area is 182 Å². The van der Waals surface area contributed by atoms with Gasteiger partial charge in [0, 0.05) is 19.1 Å². The molecule has 0 fully saturated rings. The number of aromatic nitrogens is 1. The van der Waals surface area contributed by atoms with Gasteiger partial charge in [0.1, 0.15) is 5.52 Å². The number of hydrogen-bond donors (Lipinski definition) is 1. The van der Waals surface area contributed by atoms with Crippen molar-refractivity contribution in [2.45, 2.75) is 22.3 Å². The summed E-state index contributed by atoms with van der Waals surface area (Å²) in [7, 11) is -0.668. The molecule has 0 radical (unpaired) electrons. The van der Waals surface area contributed by atoms with Crippen molar-refractivity contribution in [1.82, 2.24) is 9.29 Å². The molecule has 1 amide bonds. The highest BCUT2D eigenvalue weighted by molar-refractivity contribution is 8.00. The Morgan fingerprint density at radius 2 is 1.93 bits per heavy atom. The summed E-state index contributed by atoms with van der Waals surface area (Å²) in [6.45, 7) is 1.70. The van der Waals surface area contributed by atoms with Gasteiger partial charge < -0.3 is 9.73 Å². The van der Waals surface area contributed by atoms with E-state index in [0.717, 1.165) is 16.1 Å². The Bertz CT molecular complexity index is 1180. The van der Waals surface area contributed by atoms with Crippen molar-refractivity contribution in [3.8, 4) is 0 Å². The highest BCUT2D eigenvalue weighted by Crippen LogP contribution is 2.30. The van der Waals surface area contributed by atoms with Gasteiger partial charge >= 0.3 is 0 Å². The fourth-order valence-electron chi connectivity index (χ4n) is 2.34. The minimum absolute atomic E-state index is 0.114. The van der Waals surface area contributed by atoms with Gasteiger partial charge in [-0.1, -0.05) is 35.0 Å². The number of halogens is 2. The summed E-state index contributed by atoms with van der Waals surface area (Å²) in [6.07, 6.45) is 0. The normalized spacial score (nSPS) is 13.0. The Hall–Kier alpha value is -1.78. The molecular formula is C18H17Cl2N3O4S2. The van der Waals surface area contributed by atoms with E-state index in [-0.39, 0.29) is 16.0 Å². The first-order chi connectivity index (χ1) is 13.6. The molecule has 0 aliphatic carbocycles. The van der Waals surface area contributed by atoms with Crippen molar-refractivity contribution in [3.63, 3.8) is 0 Å². The van der Waals surface area contributed by atoms with Gasteiger partial charge in [-0.15, -0.1) is 0 Å². The molecule has 1 N–H and O–H groups in total. The zero-order valence-corrected chi connectivity index (χ0v) is 18.8. The number of sulfonamides is 1. The molecule has 1 atom stereocenters. The van der Waals surface area contributed by atoms with Crippen LogP contribution in [0.25, 0.3) is 11.1 Å². The van der Waals surface area contributed by atoms with Crippen molar-refractivity contribution < 1.29 is 17.6 Å². The summed E-state index contributed by atoms with van der Waals surface area (Å²) in [4.78, 5) is 16.9. The van der Waals surface area contributed by atoms with Crippen LogP contribution in [0.2, 0.25) is 10.0 Å². The molecule has 7 nitrogen and oxygen atoms in total. The molecule has 1 aromatic heterocycles. The van der Waals surface area contributed by atoms with Crippen LogP contribution in [0.15, 0.2) is 50.9 Å². The van der Waals surface area contributed by atoms with E-state index < -0.39 is 15.3 Å². The van der Waals surface area contributed by atoms with Crippen LogP contribution < -0.4 is 5.32 Å². The van der Waals surface area contributed by atoms with E-state index in [1.807, 2.05) is 0 Å². The standard InChI is InChI=1S/C18H17Cl2N3O4S2/c1-10(17(24)21-14-6-4-11(19)8-13(14)20)28-18-22-15-9-12(5-7-16(15)27-18)29(25,26)23(2)3/h4-10H,1-3H3,(H,21,24)/t10-/m0/s1. The molecule has 0 aliphatic heterocycles. The van der Waals surface area contributed by atoms with Gasteiger partial charge in [0.05, 0.1) is 20.9 Å². The van der Waals surface area contributed by atoms with Crippen LogP contribution in [0.4, 0.5) is 5.69 Å². The molecule has 2 aromatic carbocycles. The Morgan fingerprint density at radius 3 is 2.59 bits per heavy atom. The fraction of sp³-hybridized carbons (Fsp3) is 0.222. The third-order valence-electron chi connectivity index (χ3n) is 3.95. The summed E-state index contributed by atoms with van der Waals surface area (Å²) >= 11 is 13.0. The van der Waals surface area contributed by atoms with Crippen LogP contribution in [0.1, 0.15) is 6.92 Å². The molecule has 0 bridgehead atoms. The van der Waals surface area contributed by atoms with Crippen molar-refractivity contribution in [2.24, 2.45) is 0 Å². The molecule has 3 rings (SSSR count). The Morgan fingerprint density at radius 1 is 1.21 bits per heavy atom. The highest BCUT2D eigenvalue weighted by atomic mass is 35.5. The van der Waals surface area contributed by atoms with Crippen molar-refractivity contribution in [3.05, 3.63) is 46.4 Å². The van der Waals surface area contributed by atoms with Crippen LogP contribution >= 0.6 is 35.0 Å². The number of oxazole rings is 1. The molecular weight excluding hydrogens is 457 g/mol. The number of amides is 1. The number of benzene rings is 2. The predicted octanol–water partition coefficient (Wildman–Crippen LogP) is 4.50. The quantitative estimate of drug-likeness (QED) is 0.529. The molecule has 3 aromatic rings. The lowest BCUT2D eigenvalue weighted by Gasteiger charge is -2.11. The van der Waals surface area contributed by atoms with E-state index in [1.165, 1.54) is 32.3 Å². The van der Waals surface area contributed by atoms with Crippen molar-refractivity contribution >= 4 is 67.7 Å². The van der Waals surface area contributed by atoms with Crippen molar-refractivity contribution in [2.75, 3.05) is 19.4 Å². The van der Waals surface area contributed by atoms with Gasteiger partial charge in [0.2, 0.25) is 15.9 Å². The van der Waals surface area contributed by atoms with Crippen LogP contribution in [-0.4, -0.2) is 43.0 Å². The second-order valence-electron chi connectivity index (χ2n) is 6.27. The summed E-state index contributed by atoms with van der Waals surface area (Å²) in [5.74, 6) is -0.294. The van der Waals surface area contributed by atoms with Gasteiger partial charge in [-0.25, -0.2) is 17.7 Å². The molecule has 0 aliphatic rings. The lowest BCUT2D eigenvalue weighted by molar-refractivity contribution is -0.115. The van der Waals surface area contributed by atoms with Crippen molar-refractivity contribution in [1.29, 1.82) is 0 Å². The fourth-order valence-corrected chi connectivity index (χ4v) is 4.47. The zero-order valence-electron chi connectivity index (χ0n) is 15.6. The number of anilines is 1. The Balaban J connectivity index is 1.76. The SMILES string of the molecule is C[C@H](Sc1nc2cc(S(=O)(=O)N(C)C)ccc2o1)C(=O)Nc1ccc(Cl)cc1Cl. The molecule has 29 heavy (non-hydrogen) atoms. The van der Waals surface area contributed by atoms with E-state index in [2.05, 4.69) is 10.3 Å². The lowest BCUT2D eigenvalue weighted by Crippen LogP contribution is -2.22. The summed E-state index contributed by atoms with van der Waals surface area (Å²) in [6, 6.07) is 9.22. The number of fused-ring (bicyclic) bond motifs is 1. The summed E-state index contributed by atoms with van der Waals surface area (Å²) in [5.41, 5.74) is 1.27. The minimum atomic E-state index is -3.58. The number of nitrogens with one attached hydrogen (secondary N) is 1. The summed E-state index contributed by atoms with van der Waals surface area (Å²) in [5, 5.41) is 3.24. The van der Waals surface area contributed by atoms with Crippen LogP contribution in [0.5, 0.6) is 0 Å². The number of rotatable bonds is 6. The molecule has 0 unspecified atom stereocenters. The first kappa shape index (κ1) is 21.9. The highest BCUT2D eigenvalue weighted by Gasteiger charge is 2.21. The molecule has 0 saturated carbocycles. The van der Waals surface area contributed by atoms with Crippen LogP contribution in [0, 0.1) is 0 Å². The number of thioether (sulfide) groups is 1. The maximum Gasteiger partial charge on any atom is 0.257 e. The zero-order chi connectivity index (χ0) is 21.3. The Kier molecular flexibility index (Phi) is 6.45. The molecule has 11 heteroatoms. The molecule has 154 valence electrons. The topological polar surface area (TPSA) is 92.5 Å². The average Bonchev–Trinajstić information content (AvgIpc) is 3.05. The smallest absolute Gasteiger partial charge is 0.257 e. The van der Waals surface area contributed by atoms with Gasteiger partial charge in [0.15, 0.2) is 5.58 Å². The van der Waals surface area contributed by atoms with E-state index in [9.17, 15) is 13.2 Å². The van der Waals surface area contributed by atoms with Crippen LogP contribution in [-0.2, 0) is 14.8 Å². The second-order valence-corrected chi connectivity index (χ2v) is 10.6. The van der Waals surface area contributed by atoms with E-state index in [0.29, 0.717) is 26.8 Å². The third kappa shape index (κ3) is 4.87. The number of carbonyl (C=O) groups is 1. The number of carbonyl (C=O) groups excluding carboxylic acids is 1. The second kappa shape index (κ2) is 8.53. The number of nitrogens with zero attached hydrogens (tertiary/aromatic N) is 2. The van der Waals surface area contributed by atoms with Gasteiger partial charge in [-0.3, -0.25) is 4.79 Å². The maximum absolute atomic E-state index is 12.5. The molecule has 0 saturated heterocycles.